The molecule has 38 heavy (non-hydrogen) atoms. The fourth-order valence-electron chi connectivity index (χ4n) is 5.49. The van der Waals surface area contributed by atoms with Crippen LogP contribution >= 0.6 is 0 Å². The third-order valence-electron chi connectivity index (χ3n) is 7.77. The average Bonchev–Trinajstić information content (AvgIpc) is 2.92. The molecule has 2 rings (SSSR count). The summed E-state index contributed by atoms with van der Waals surface area (Å²) >= 11 is 0. The monoisotopic (exact) mass is 542 g/mol. The first-order chi connectivity index (χ1) is 18.5. The SMILES string of the molecule is CCCCCCCCCCCCCCCCCCCCCCc1ccccc1-c1ccccc1S(=O)(=O)O. The van der Waals surface area contributed by atoms with Crippen molar-refractivity contribution in [3.8, 4) is 11.1 Å². The third-order valence-corrected chi connectivity index (χ3v) is 8.68. The van der Waals surface area contributed by atoms with E-state index in [1.807, 2.05) is 24.3 Å². The van der Waals surface area contributed by atoms with Crippen LogP contribution in [-0.4, -0.2) is 13.0 Å². The zero-order chi connectivity index (χ0) is 27.3. The maximum Gasteiger partial charge on any atom is 0.295 e. The highest BCUT2D eigenvalue weighted by Gasteiger charge is 2.17. The van der Waals surface area contributed by atoms with Crippen LogP contribution in [0, 0.1) is 0 Å². The molecule has 0 radical (unpaired) electrons. The summed E-state index contributed by atoms with van der Waals surface area (Å²) in [6.07, 6.45) is 28.4. The largest absolute Gasteiger partial charge is 0.295 e. The van der Waals surface area contributed by atoms with Gasteiger partial charge >= 0.3 is 0 Å². The van der Waals surface area contributed by atoms with Gasteiger partial charge in [0.25, 0.3) is 10.1 Å². The fourth-order valence-corrected chi connectivity index (χ4v) is 6.19. The molecule has 0 aliphatic carbocycles. The first-order valence-corrected chi connectivity index (χ1v) is 17.1. The van der Waals surface area contributed by atoms with E-state index in [0.717, 1.165) is 24.0 Å². The Morgan fingerprint density at radius 2 is 0.868 bits per heavy atom. The summed E-state index contributed by atoms with van der Waals surface area (Å²) in [5.74, 6) is 0. The molecule has 0 fully saturated rings. The maximum absolute atomic E-state index is 11.8. The van der Waals surface area contributed by atoms with Crippen molar-refractivity contribution in [2.45, 2.75) is 147 Å². The Labute approximate surface area is 234 Å². The van der Waals surface area contributed by atoms with Crippen molar-refractivity contribution in [1.29, 1.82) is 0 Å². The van der Waals surface area contributed by atoms with E-state index in [9.17, 15) is 13.0 Å². The lowest BCUT2D eigenvalue weighted by Gasteiger charge is -2.12. The van der Waals surface area contributed by atoms with Crippen LogP contribution in [0.2, 0.25) is 0 Å². The Kier molecular flexibility index (Phi) is 17.4. The van der Waals surface area contributed by atoms with Crippen molar-refractivity contribution in [1.82, 2.24) is 0 Å². The van der Waals surface area contributed by atoms with Gasteiger partial charge < -0.3 is 0 Å². The summed E-state index contributed by atoms with van der Waals surface area (Å²) in [6.45, 7) is 2.29. The second-order valence-corrected chi connectivity index (χ2v) is 12.5. The van der Waals surface area contributed by atoms with Crippen LogP contribution in [0.3, 0.4) is 0 Å². The van der Waals surface area contributed by atoms with Crippen LogP contribution < -0.4 is 0 Å². The van der Waals surface area contributed by atoms with Crippen LogP contribution in [0.5, 0.6) is 0 Å². The van der Waals surface area contributed by atoms with Crippen LogP contribution in [0.25, 0.3) is 11.1 Å². The molecule has 0 saturated heterocycles. The predicted molar refractivity (Wildman–Crippen MR) is 163 cm³/mol. The summed E-state index contributed by atoms with van der Waals surface area (Å²) in [7, 11) is -4.25. The third kappa shape index (κ3) is 13.9. The molecular formula is C34H54O3S. The van der Waals surface area contributed by atoms with Gasteiger partial charge in [0.15, 0.2) is 0 Å². The molecular weight excluding hydrogens is 488 g/mol. The van der Waals surface area contributed by atoms with Gasteiger partial charge in [-0.3, -0.25) is 4.55 Å². The molecule has 0 aliphatic rings. The number of rotatable bonds is 23. The minimum absolute atomic E-state index is 0.0176. The van der Waals surface area contributed by atoms with Gasteiger partial charge in [-0.1, -0.05) is 171 Å². The Morgan fingerprint density at radius 3 is 1.32 bits per heavy atom. The summed E-state index contributed by atoms with van der Waals surface area (Å²) < 4.78 is 33.3. The van der Waals surface area contributed by atoms with E-state index in [2.05, 4.69) is 13.0 Å². The highest BCUT2D eigenvalue weighted by molar-refractivity contribution is 7.86. The molecule has 0 amide bonds. The van der Waals surface area contributed by atoms with E-state index in [-0.39, 0.29) is 4.90 Å². The van der Waals surface area contributed by atoms with E-state index < -0.39 is 10.1 Å². The first-order valence-electron chi connectivity index (χ1n) is 15.7. The molecule has 4 heteroatoms. The Balaban J connectivity index is 1.47. The normalized spacial score (nSPS) is 11.7. The number of aryl methyl sites for hydroxylation is 1. The maximum atomic E-state index is 11.8. The van der Waals surface area contributed by atoms with Gasteiger partial charge in [0, 0.05) is 5.56 Å². The molecule has 0 aromatic heterocycles. The van der Waals surface area contributed by atoms with Gasteiger partial charge in [0.2, 0.25) is 0 Å². The van der Waals surface area contributed by atoms with Crippen LogP contribution in [-0.2, 0) is 16.5 Å². The minimum atomic E-state index is -4.25. The van der Waals surface area contributed by atoms with Crippen molar-refractivity contribution in [3.63, 3.8) is 0 Å². The van der Waals surface area contributed by atoms with Crippen LogP contribution in [0.1, 0.15) is 141 Å². The molecule has 0 spiro atoms. The molecule has 0 bridgehead atoms. The smallest absolute Gasteiger partial charge is 0.282 e. The first kappa shape index (κ1) is 32.6. The van der Waals surface area contributed by atoms with Gasteiger partial charge in [-0.05, 0) is 30.0 Å². The summed E-state index contributed by atoms with van der Waals surface area (Å²) in [6, 6.07) is 14.7. The fraction of sp³-hybridized carbons (Fsp3) is 0.647. The van der Waals surface area contributed by atoms with Crippen molar-refractivity contribution in [2.24, 2.45) is 0 Å². The zero-order valence-electron chi connectivity index (χ0n) is 24.1. The van der Waals surface area contributed by atoms with E-state index in [1.165, 1.54) is 128 Å². The van der Waals surface area contributed by atoms with Gasteiger partial charge in [-0.15, -0.1) is 0 Å². The molecule has 2 aromatic rings. The highest BCUT2D eigenvalue weighted by atomic mass is 32.2. The summed E-state index contributed by atoms with van der Waals surface area (Å²) in [4.78, 5) is -0.0176. The molecule has 0 heterocycles. The number of unbranched alkanes of at least 4 members (excludes halogenated alkanes) is 19. The molecule has 1 N–H and O–H groups in total. The Hall–Kier alpha value is -1.65. The van der Waals surface area contributed by atoms with Crippen molar-refractivity contribution in [3.05, 3.63) is 54.1 Å². The zero-order valence-corrected chi connectivity index (χ0v) is 25.0. The summed E-state index contributed by atoms with van der Waals surface area (Å²) in [5.41, 5.74) is 2.63. The Bertz CT molecular complexity index is 967. The molecule has 0 aliphatic heterocycles. The van der Waals surface area contributed by atoms with E-state index in [1.54, 1.807) is 12.1 Å². The van der Waals surface area contributed by atoms with Crippen molar-refractivity contribution < 1.29 is 13.0 Å². The number of benzene rings is 2. The molecule has 3 nitrogen and oxygen atoms in total. The van der Waals surface area contributed by atoms with E-state index in [0.29, 0.717) is 5.56 Å². The van der Waals surface area contributed by atoms with Gasteiger partial charge in [-0.25, -0.2) is 0 Å². The standard InChI is InChI=1S/C34H54O3S/c1-2-3-4-5-6-7-8-9-10-11-12-13-14-15-16-17-18-19-20-21-26-31-27-22-23-28-32(31)33-29-24-25-30-34(33)38(35,36)37/h22-25,27-30H,2-21,26H2,1H3,(H,35,36,37). The van der Waals surface area contributed by atoms with E-state index >= 15 is 0 Å². The lowest BCUT2D eigenvalue weighted by Crippen LogP contribution is -2.02. The van der Waals surface area contributed by atoms with Crippen molar-refractivity contribution in [2.75, 3.05) is 0 Å². The van der Waals surface area contributed by atoms with Gasteiger partial charge in [0.1, 0.15) is 4.90 Å². The molecule has 2 aromatic carbocycles. The molecule has 0 atom stereocenters. The van der Waals surface area contributed by atoms with Crippen molar-refractivity contribution >= 4 is 10.1 Å². The van der Waals surface area contributed by atoms with Gasteiger partial charge in [-0.2, -0.15) is 8.42 Å². The lowest BCUT2D eigenvalue weighted by atomic mass is 9.95. The highest BCUT2D eigenvalue weighted by Crippen LogP contribution is 2.31. The number of hydrogen-bond acceptors (Lipinski definition) is 2. The summed E-state index contributed by atoms with van der Waals surface area (Å²) in [5, 5.41) is 0. The quantitative estimate of drug-likeness (QED) is 0.112. The minimum Gasteiger partial charge on any atom is -0.282 e. The molecule has 0 unspecified atom stereocenters. The second-order valence-electron chi connectivity index (χ2n) is 11.1. The van der Waals surface area contributed by atoms with Crippen LogP contribution in [0.15, 0.2) is 53.4 Å². The second kappa shape index (κ2) is 20.3. The molecule has 214 valence electrons. The lowest BCUT2D eigenvalue weighted by molar-refractivity contribution is 0.483. The predicted octanol–water partition coefficient (Wildman–Crippen LogP) is 11.0. The topological polar surface area (TPSA) is 54.4 Å². The number of hydrogen-bond donors (Lipinski definition) is 1. The van der Waals surface area contributed by atoms with E-state index in [4.69, 9.17) is 0 Å². The Morgan fingerprint density at radius 1 is 0.500 bits per heavy atom. The van der Waals surface area contributed by atoms with Gasteiger partial charge in [0.05, 0.1) is 0 Å². The van der Waals surface area contributed by atoms with Crippen LogP contribution in [0.4, 0.5) is 0 Å². The molecule has 0 saturated carbocycles. The average molecular weight is 543 g/mol.